The van der Waals surface area contributed by atoms with E-state index in [1.54, 1.807) is 24.3 Å². The molecule has 0 saturated heterocycles. The molecule has 0 aliphatic heterocycles. The molecule has 0 bridgehead atoms. The average molecular weight is 275 g/mol. The van der Waals surface area contributed by atoms with Crippen LogP contribution in [0.1, 0.15) is 34.2 Å². The lowest BCUT2D eigenvalue weighted by Gasteiger charge is -2.05. The number of esters is 1. The van der Waals surface area contributed by atoms with Gasteiger partial charge >= 0.3 is 11.9 Å². The van der Waals surface area contributed by atoms with Crippen molar-refractivity contribution in [1.82, 2.24) is 15.0 Å². The normalized spacial score (nSPS) is 10.2. The second-order valence-electron chi connectivity index (χ2n) is 4.04. The van der Waals surface area contributed by atoms with Crippen molar-refractivity contribution in [3.05, 3.63) is 41.7 Å². The first kappa shape index (κ1) is 13.7. The van der Waals surface area contributed by atoms with Crippen LogP contribution in [0.2, 0.25) is 0 Å². The second kappa shape index (κ2) is 5.96. The zero-order valence-electron chi connectivity index (χ0n) is 10.8. The summed E-state index contributed by atoms with van der Waals surface area (Å²) in [5, 5.41) is 16.0. The van der Waals surface area contributed by atoms with E-state index in [-0.39, 0.29) is 5.69 Å². The first-order valence-electron chi connectivity index (χ1n) is 6.05. The van der Waals surface area contributed by atoms with Gasteiger partial charge in [-0.2, -0.15) is 0 Å². The fourth-order valence-corrected chi connectivity index (χ4v) is 1.54. The minimum atomic E-state index is -1.16. The highest BCUT2D eigenvalue weighted by molar-refractivity contribution is 5.90. The van der Waals surface area contributed by atoms with E-state index in [2.05, 4.69) is 10.3 Å². The quantitative estimate of drug-likeness (QED) is 0.831. The molecular weight excluding hydrogens is 262 g/mol. The van der Waals surface area contributed by atoms with Crippen molar-refractivity contribution in [2.45, 2.75) is 13.3 Å². The largest absolute Gasteiger partial charge is 0.476 e. The zero-order chi connectivity index (χ0) is 14.5. The van der Waals surface area contributed by atoms with Crippen molar-refractivity contribution in [3.8, 4) is 5.69 Å². The van der Waals surface area contributed by atoms with Gasteiger partial charge in [0.05, 0.1) is 24.1 Å². The second-order valence-corrected chi connectivity index (χ2v) is 4.04. The number of ether oxygens (including phenoxy) is 1. The summed E-state index contributed by atoms with van der Waals surface area (Å²) < 4.78 is 6.32. The number of carbonyl (C=O) groups excluding carboxylic acids is 1. The van der Waals surface area contributed by atoms with Crippen molar-refractivity contribution >= 4 is 11.9 Å². The number of aromatic carboxylic acids is 1. The van der Waals surface area contributed by atoms with Gasteiger partial charge in [0.2, 0.25) is 0 Å². The van der Waals surface area contributed by atoms with Crippen LogP contribution in [0.5, 0.6) is 0 Å². The molecule has 1 aromatic heterocycles. The maximum absolute atomic E-state index is 11.7. The average Bonchev–Trinajstić information content (AvgIpc) is 2.95. The van der Waals surface area contributed by atoms with Crippen LogP contribution >= 0.6 is 0 Å². The Hall–Kier alpha value is -2.70. The number of carboxylic acid groups (broad SMARTS) is 1. The Bertz CT molecular complexity index is 636. The third-order valence-corrected chi connectivity index (χ3v) is 2.50. The number of benzene rings is 1. The molecule has 104 valence electrons. The fourth-order valence-electron chi connectivity index (χ4n) is 1.54. The van der Waals surface area contributed by atoms with Gasteiger partial charge in [-0.25, -0.2) is 14.3 Å². The van der Waals surface area contributed by atoms with Crippen LogP contribution in [0, 0.1) is 0 Å². The van der Waals surface area contributed by atoms with E-state index < -0.39 is 11.9 Å². The molecule has 0 amide bonds. The predicted molar refractivity (Wildman–Crippen MR) is 68.9 cm³/mol. The van der Waals surface area contributed by atoms with Crippen molar-refractivity contribution in [3.63, 3.8) is 0 Å². The smallest absolute Gasteiger partial charge is 0.358 e. The summed E-state index contributed by atoms with van der Waals surface area (Å²) >= 11 is 0. The molecule has 20 heavy (non-hydrogen) atoms. The van der Waals surface area contributed by atoms with Crippen molar-refractivity contribution in [2.75, 3.05) is 6.61 Å². The molecule has 1 heterocycles. The maximum atomic E-state index is 11.7. The van der Waals surface area contributed by atoms with Gasteiger partial charge in [0.15, 0.2) is 5.69 Å². The lowest BCUT2D eigenvalue weighted by atomic mass is 10.2. The number of carbonyl (C=O) groups is 2. The molecule has 0 saturated carbocycles. The Kier molecular flexibility index (Phi) is 4.09. The highest BCUT2D eigenvalue weighted by Crippen LogP contribution is 2.11. The van der Waals surface area contributed by atoms with Gasteiger partial charge in [-0.3, -0.25) is 0 Å². The van der Waals surface area contributed by atoms with Gasteiger partial charge in [-0.05, 0) is 24.6 Å². The SMILES string of the molecule is CCCOC(=O)c1cccc(-n2cc(C(=O)O)nn2)c1. The van der Waals surface area contributed by atoms with Gasteiger partial charge in [-0.15, -0.1) is 5.10 Å². The molecule has 2 rings (SSSR count). The Morgan fingerprint density at radius 1 is 1.40 bits per heavy atom. The van der Waals surface area contributed by atoms with Gasteiger partial charge in [-0.1, -0.05) is 18.2 Å². The first-order valence-corrected chi connectivity index (χ1v) is 6.05. The van der Waals surface area contributed by atoms with Crippen LogP contribution < -0.4 is 0 Å². The Morgan fingerprint density at radius 2 is 2.20 bits per heavy atom. The molecule has 2 aromatic rings. The maximum Gasteiger partial charge on any atom is 0.358 e. The lowest BCUT2D eigenvalue weighted by molar-refractivity contribution is 0.0504. The van der Waals surface area contributed by atoms with E-state index in [1.165, 1.54) is 10.9 Å². The predicted octanol–water partition coefficient (Wildman–Crippen LogP) is 1.53. The summed E-state index contributed by atoms with van der Waals surface area (Å²) in [5.74, 6) is -1.58. The van der Waals surface area contributed by atoms with Crippen LogP contribution in [0.15, 0.2) is 30.5 Å². The topological polar surface area (TPSA) is 94.3 Å². The highest BCUT2D eigenvalue weighted by Gasteiger charge is 2.11. The van der Waals surface area contributed by atoms with Crippen molar-refractivity contribution in [2.24, 2.45) is 0 Å². The van der Waals surface area contributed by atoms with Crippen LogP contribution in [0.25, 0.3) is 5.69 Å². The van der Waals surface area contributed by atoms with Gasteiger partial charge in [0.1, 0.15) is 0 Å². The molecule has 0 aliphatic carbocycles. The van der Waals surface area contributed by atoms with Crippen molar-refractivity contribution < 1.29 is 19.4 Å². The van der Waals surface area contributed by atoms with E-state index in [0.717, 1.165) is 6.42 Å². The van der Waals surface area contributed by atoms with Crippen LogP contribution in [-0.4, -0.2) is 38.6 Å². The number of rotatable bonds is 5. The molecule has 0 radical (unpaired) electrons. The summed E-state index contributed by atoms with van der Waals surface area (Å²) in [6.45, 7) is 2.27. The molecule has 7 heteroatoms. The van der Waals surface area contributed by atoms with E-state index in [4.69, 9.17) is 9.84 Å². The standard InChI is InChI=1S/C13H13N3O4/c1-2-6-20-13(19)9-4-3-5-10(7-9)16-8-11(12(17)18)14-15-16/h3-5,7-8H,2,6H2,1H3,(H,17,18). The van der Waals surface area contributed by atoms with E-state index in [0.29, 0.717) is 17.9 Å². The zero-order valence-corrected chi connectivity index (χ0v) is 10.8. The van der Waals surface area contributed by atoms with E-state index >= 15 is 0 Å². The van der Waals surface area contributed by atoms with Crippen LogP contribution in [-0.2, 0) is 4.74 Å². The van der Waals surface area contributed by atoms with E-state index in [1.807, 2.05) is 6.92 Å². The number of aromatic nitrogens is 3. The third kappa shape index (κ3) is 3.00. The van der Waals surface area contributed by atoms with Gasteiger partial charge in [0.25, 0.3) is 0 Å². The summed E-state index contributed by atoms with van der Waals surface area (Å²) in [7, 11) is 0. The van der Waals surface area contributed by atoms with Crippen LogP contribution in [0.3, 0.4) is 0 Å². The minimum absolute atomic E-state index is 0.163. The molecule has 1 aromatic carbocycles. The molecule has 1 N–H and O–H groups in total. The third-order valence-electron chi connectivity index (χ3n) is 2.50. The summed E-state index contributed by atoms with van der Waals surface area (Å²) in [6.07, 6.45) is 2.02. The molecule has 0 aliphatic rings. The summed E-state index contributed by atoms with van der Waals surface area (Å²) in [6, 6.07) is 6.55. The number of hydrogen-bond acceptors (Lipinski definition) is 5. The van der Waals surface area contributed by atoms with Gasteiger partial charge in [0, 0.05) is 0 Å². The van der Waals surface area contributed by atoms with Crippen molar-refractivity contribution in [1.29, 1.82) is 0 Å². The highest BCUT2D eigenvalue weighted by atomic mass is 16.5. The molecule has 0 fully saturated rings. The van der Waals surface area contributed by atoms with Crippen LogP contribution in [0.4, 0.5) is 0 Å². The number of hydrogen-bond donors (Lipinski definition) is 1. The molecule has 0 unspecified atom stereocenters. The molecule has 7 nitrogen and oxygen atoms in total. The van der Waals surface area contributed by atoms with Gasteiger partial charge < -0.3 is 9.84 Å². The monoisotopic (exact) mass is 275 g/mol. The molecule has 0 atom stereocenters. The molecular formula is C13H13N3O4. The fraction of sp³-hybridized carbons (Fsp3) is 0.231. The first-order chi connectivity index (χ1) is 9.61. The Labute approximate surface area is 114 Å². The summed E-state index contributed by atoms with van der Waals surface area (Å²) in [4.78, 5) is 22.5. The lowest BCUT2D eigenvalue weighted by Crippen LogP contribution is -2.07. The van der Waals surface area contributed by atoms with E-state index in [9.17, 15) is 9.59 Å². The number of nitrogens with zero attached hydrogens (tertiary/aromatic N) is 3. The number of carboxylic acids is 1. The Balaban J connectivity index is 2.24. The molecule has 0 spiro atoms. The minimum Gasteiger partial charge on any atom is -0.476 e. The summed E-state index contributed by atoms with van der Waals surface area (Å²) in [5.41, 5.74) is 0.753. The Morgan fingerprint density at radius 3 is 2.85 bits per heavy atom.